The third kappa shape index (κ3) is 2.04. The van der Waals surface area contributed by atoms with Crippen molar-refractivity contribution in [2.24, 2.45) is 0 Å². The van der Waals surface area contributed by atoms with Gasteiger partial charge in [0.2, 0.25) is 0 Å². The van der Waals surface area contributed by atoms with Crippen LogP contribution in [0.3, 0.4) is 0 Å². The summed E-state index contributed by atoms with van der Waals surface area (Å²) in [7, 11) is 1.34. The Hall–Kier alpha value is -2.17. The van der Waals surface area contributed by atoms with Crippen molar-refractivity contribution >= 4 is 16.7 Å². The zero-order chi connectivity index (χ0) is 15.1. The zero-order valence-corrected chi connectivity index (χ0v) is 12.4. The van der Waals surface area contributed by atoms with E-state index in [9.17, 15) is 9.59 Å². The van der Waals surface area contributed by atoms with Crippen LogP contribution >= 0.6 is 0 Å². The van der Waals surface area contributed by atoms with E-state index in [0.717, 1.165) is 31.2 Å². The number of aryl methyl sites for hydroxylation is 4. The predicted octanol–water partition coefficient (Wildman–Crippen LogP) is 2.47. The van der Waals surface area contributed by atoms with Crippen LogP contribution in [0.15, 0.2) is 9.21 Å². The lowest BCUT2D eigenvalue weighted by Gasteiger charge is -2.19. The standard InChI is InChI=1S/C16H17NO4/c1-8-12(15(18)20-3)14-10-6-4-5-7-11(10)21-16(19)13(14)9(2)17-8/h4-7H2,1-3H3. The zero-order valence-electron chi connectivity index (χ0n) is 12.4. The van der Waals surface area contributed by atoms with Crippen LogP contribution in [0.5, 0.6) is 0 Å². The molecule has 21 heavy (non-hydrogen) atoms. The van der Waals surface area contributed by atoms with Crippen molar-refractivity contribution in [3.05, 3.63) is 38.7 Å². The number of carbonyl (C=O) groups excluding carboxylic acids is 1. The number of rotatable bonds is 1. The van der Waals surface area contributed by atoms with Crippen molar-refractivity contribution < 1.29 is 13.9 Å². The molecule has 110 valence electrons. The van der Waals surface area contributed by atoms with Crippen molar-refractivity contribution in [3.63, 3.8) is 0 Å². The maximum absolute atomic E-state index is 12.3. The third-order valence-electron chi connectivity index (χ3n) is 4.09. The van der Waals surface area contributed by atoms with E-state index in [4.69, 9.17) is 9.15 Å². The lowest BCUT2D eigenvalue weighted by Crippen LogP contribution is -2.17. The van der Waals surface area contributed by atoms with Gasteiger partial charge in [0.15, 0.2) is 0 Å². The summed E-state index contributed by atoms with van der Waals surface area (Å²) in [5, 5.41) is 1.08. The minimum Gasteiger partial charge on any atom is -0.465 e. The molecule has 1 aliphatic carbocycles. The number of methoxy groups -OCH3 is 1. The molecule has 5 heteroatoms. The molecule has 0 saturated carbocycles. The van der Waals surface area contributed by atoms with Gasteiger partial charge in [0.1, 0.15) is 5.76 Å². The smallest absolute Gasteiger partial charge is 0.345 e. The molecule has 2 heterocycles. The number of carbonyl (C=O) groups is 1. The van der Waals surface area contributed by atoms with Gasteiger partial charge in [-0.25, -0.2) is 9.59 Å². The minimum absolute atomic E-state index is 0.393. The number of hydrogen-bond acceptors (Lipinski definition) is 5. The molecule has 0 atom stereocenters. The molecule has 0 bridgehead atoms. The largest absolute Gasteiger partial charge is 0.465 e. The van der Waals surface area contributed by atoms with E-state index in [2.05, 4.69) is 4.98 Å². The molecule has 5 nitrogen and oxygen atoms in total. The van der Waals surface area contributed by atoms with E-state index >= 15 is 0 Å². The molecule has 0 radical (unpaired) electrons. The van der Waals surface area contributed by atoms with Gasteiger partial charge >= 0.3 is 11.6 Å². The van der Waals surface area contributed by atoms with Crippen LogP contribution < -0.4 is 5.63 Å². The van der Waals surface area contributed by atoms with E-state index in [1.165, 1.54) is 7.11 Å². The summed E-state index contributed by atoms with van der Waals surface area (Å²) in [4.78, 5) is 28.8. The van der Waals surface area contributed by atoms with Crippen LogP contribution in [0, 0.1) is 13.8 Å². The Morgan fingerprint density at radius 2 is 1.86 bits per heavy atom. The molecule has 1 aliphatic rings. The summed E-state index contributed by atoms with van der Waals surface area (Å²) >= 11 is 0. The average Bonchev–Trinajstić information content (AvgIpc) is 2.46. The van der Waals surface area contributed by atoms with Crippen LogP contribution in [-0.4, -0.2) is 18.1 Å². The second kappa shape index (κ2) is 4.98. The summed E-state index contributed by atoms with van der Waals surface area (Å²) < 4.78 is 10.3. The molecule has 0 unspecified atom stereocenters. The first-order valence-electron chi connectivity index (χ1n) is 7.08. The van der Waals surface area contributed by atoms with Crippen LogP contribution in [0.4, 0.5) is 0 Å². The van der Waals surface area contributed by atoms with E-state index in [1.54, 1.807) is 13.8 Å². The highest BCUT2D eigenvalue weighted by molar-refractivity contribution is 6.07. The van der Waals surface area contributed by atoms with Gasteiger partial charge in [-0.2, -0.15) is 0 Å². The molecule has 0 aromatic carbocycles. The van der Waals surface area contributed by atoms with Gasteiger partial charge in [-0.05, 0) is 38.7 Å². The van der Waals surface area contributed by atoms with Gasteiger partial charge in [-0.1, -0.05) is 0 Å². The Bertz CT molecular complexity index is 804. The van der Waals surface area contributed by atoms with Gasteiger partial charge in [0.25, 0.3) is 0 Å². The van der Waals surface area contributed by atoms with Crippen LogP contribution in [0.25, 0.3) is 10.8 Å². The molecule has 2 aromatic rings. The lowest BCUT2D eigenvalue weighted by molar-refractivity contribution is 0.0601. The number of ether oxygens (including phenoxy) is 1. The first-order valence-corrected chi connectivity index (χ1v) is 7.08. The van der Waals surface area contributed by atoms with Gasteiger partial charge in [0, 0.05) is 11.8 Å². The number of aromatic nitrogens is 1. The predicted molar refractivity (Wildman–Crippen MR) is 77.7 cm³/mol. The normalized spacial score (nSPS) is 14.0. The molecule has 0 fully saturated rings. The van der Waals surface area contributed by atoms with Gasteiger partial charge in [0.05, 0.1) is 29.4 Å². The van der Waals surface area contributed by atoms with Gasteiger partial charge < -0.3 is 9.15 Å². The summed E-state index contributed by atoms with van der Waals surface area (Å²) in [6.45, 7) is 3.53. The quantitative estimate of drug-likeness (QED) is 0.754. The summed E-state index contributed by atoms with van der Waals surface area (Å²) in [5.41, 5.74) is 2.12. The molecule has 0 amide bonds. The van der Waals surface area contributed by atoms with Crippen LogP contribution in [0.2, 0.25) is 0 Å². The number of pyridine rings is 1. The molecular formula is C16H17NO4. The minimum atomic E-state index is -0.455. The molecule has 2 aromatic heterocycles. The van der Waals surface area contributed by atoms with Crippen LogP contribution in [0.1, 0.15) is 45.9 Å². The van der Waals surface area contributed by atoms with E-state index < -0.39 is 11.6 Å². The fourth-order valence-corrected chi connectivity index (χ4v) is 3.17. The lowest BCUT2D eigenvalue weighted by atomic mass is 9.90. The van der Waals surface area contributed by atoms with Gasteiger partial charge in [-0.15, -0.1) is 0 Å². The fourth-order valence-electron chi connectivity index (χ4n) is 3.17. The first-order chi connectivity index (χ1) is 10.0. The maximum Gasteiger partial charge on any atom is 0.345 e. The second-order valence-corrected chi connectivity index (χ2v) is 5.40. The monoisotopic (exact) mass is 287 g/mol. The summed E-state index contributed by atoms with van der Waals surface area (Å²) in [5.74, 6) is 0.247. The van der Waals surface area contributed by atoms with E-state index in [0.29, 0.717) is 33.5 Å². The highest BCUT2D eigenvalue weighted by Crippen LogP contribution is 2.31. The Morgan fingerprint density at radius 1 is 1.14 bits per heavy atom. The SMILES string of the molecule is COC(=O)c1c(C)nc(C)c2c(=O)oc3c(c12)CCCC3. The van der Waals surface area contributed by atoms with Crippen molar-refractivity contribution in [1.82, 2.24) is 4.98 Å². The Labute approximate surface area is 121 Å². The average molecular weight is 287 g/mol. The molecular weight excluding hydrogens is 270 g/mol. The van der Waals surface area contributed by atoms with Crippen molar-refractivity contribution in [2.75, 3.05) is 7.11 Å². The number of esters is 1. The number of hydrogen-bond donors (Lipinski definition) is 0. The molecule has 0 spiro atoms. The summed E-state index contributed by atoms with van der Waals surface area (Å²) in [6.07, 6.45) is 3.57. The highest BCUT2D eigenvalue weighted by atomic mass is 16.5. The number of nitrogens with zero attached hydrogens (tertiary/aromatic N) is 1. The Balaban J connectivity index is 2.54. The first kappa shape index (κ1) is 13.8. The van der Waals surface area contributed by atoms with E-state index in [1.807, 2.05) is 0 Å². The molecule has 3 rings (SSSR count). The fraction of sp³-hybridized carbons (Fsp3) is 0.438. The molecule has 0 saturated heterocycles. The Kier molecular flexibility index (Phi) is 3.27. The third-order valence-corrected chi connectivity index (χ3v) is 4.09. The van der Waals surface area contributed by atoms with Crippen molar-refractivity contribution in [2.45, 2.75) is 39.5 Å². The van der Waals surface area contributed by atoms with Gasteiger partial charge in [-0.3, -0.25) is 4.98 Å². The second-order valence-electron chi connectivity index (χ2n) is 5.40. The van der Waals surface area contributed by atoms with Crippen molar-refractivity contribution in [3.8, 4) is 0 Å². The maximum atomic E-state index is 12.3. The topological polar surface area (TPSA) is 69.4 Å². The van der Waals surface area contributed by atoms with E-state index in [-0.39, 0.29) is 0 Å². The number of fused-ring (bicyclic) bond motifs is 3. The Morgan fingerprint density at radius 3 is 2.57 bits per heavy atom. The summed E-state index contributed by atoms with van der Waals surface area (Å²) in [6, 6.07) is 0. The molecule has 0 N–H and O–H groups in total. The van der Waals surface area contributed by atoms with Crippen LogP contribution in [-0.2, 0) is 17.6 Å². The van der Waals surface area contributed by atoms with Crippen molar-refractivity contribution in [1.29, 1.82) is 0 Å². The highest BCUT2D eigenvalue weighted by Gasteiger charge is 2.25. The molecule has 0 aliphatic heterocycles.